The van der Waals surface area contributed by atoms with Gasteiger partial charge in [0.05, 0.1) is 16.4 Å². The number of para-hydroxylation sites is 2. The Morgan fingerprint density at radius 1 is 0.667 bits per heavy atom. The molecule has 1 aliphatic heterocycles. The molecule has 5 nitrogen and oxygen atoms in total. The first-order chi connectivity index (χ1) is 19.3. The van der Waals surface area contributed by atoms with E-state index in [2.05, 4.69) is 106 Å². The van der Waals surface area contributed by atoms with E-state index in [0.717, 1.165) is 49.8 Å². The molecule has 5 heteroatoms. The summed E-state index contributed by atoms with van der Waals surface area (Å²) in [6, 6.07) is 42.0. The van der Waals surface area contributed by atoms with Crippen LogP contribution in [0.1, 0.15) is 11.7 Å². The Balaban J connectivity index is 1.25. The Labute approximate surface area is 225 Å². The van der Waals surface area contributed by atoms with Crippen molar-refractivity contribution in [3.8, 4) is 17.1 Å². The molecule has 0 bridgehead atoms. The summed E-state index contributed by atoms with van der Waals surface area (Å²) in [6.45, 7) is 0. The zero-order valence-corrected chi connectivity index (χ0v) is 21.0. The highest BCUT2D eigenvalue weighted by Gasteiger charge is 2.23. The van der Waals surface area contributed by atoms with Gasteiger partial charge < -0.3 is 19.2 Å². The number of fused-ring (bicyclic) bond motifs is 5. The molecule has 39 heavy (non-hydrogen) atoms. The molecule has 7 aromatic rings. The van der Waals surface area contributed by atoms with Gasteiger partial charge in [-0.05, 0) is 60.2 Å². The van der Waals surface area contributed by atoms with Crippen molar-refractivity contribution in [2.75, 3.05) is 4.90 Å². The fourth-order valence-electron chi connectivity index (χ4n) is 5.70. The Bertz CT molecular complexity index is 1990. The van der Waals surface area contributed by atoms with Crippen LogP contribution in [0.5, 0.6) is 0 Å². The summed E-state index contributed by atoms with van der Waals surface area (Å²) in [5, 5.41) is 5.72. The molecule has 1 unspecified atom stereocenters. The molecule has 0 saturated carbocycles. The molecular formula is C34H24N4O. The minimum Gasteiger partial charge on any atom is -0.435 e. The Morgan fingerprint density at radius 2 is 1.41 bits per heavy atom. The van der Waals surface area contributed by atoms with Gasteiger partial charge in [-0.25, -0.2) is 4.98 Å². The number of hydrogen-bond acceptors (Lipinski definition) is 4. The second-order valence-electron chi connectivity index (χ2n) is 9.76. The van der Waals surface area contributed by atoms with Gasteiger partial charge in [0, 0.05) is 34.7 Å². The quantitative estimate of drug-likeness (QED) is 0.263. The van der Waals surface area contributed by atoms with E-state index in [9.17, 15) is 0 Å². The Hall–Kier alpha value is -5.29. The Morgan fingerprint density at radius 3 is 2.23 bits per heavy atom. The smallest absolute Gasteiger partial charge is 0.227 e. The first kappa shape index (κ1) is 21.8. The van der Waals surface area contributed by atoms with Crippen molar-refractivity contribution in [2.45, 2.75) is 6.17 Å². The van der Waals surface area contributed by atoms with Crippen molar-refractivity contribution in [3.05, 3.63) is 139 Å². The van der Waals surface area contributed by atoms with Gasteiger partial charge in [0.25, 0.3) is 0 Å². The molecule has 1 aliphatic rings. The topological polar surface area (TPSA) is 46.2 Å². The van der Waals surface area contributed by atoms with E-state index >= 15 is 0 Å². The van der Waals surface area contributed by atoms with Gasteiger partial charge in [-0.2, -0.15) is 0 Å². The van der Waals surface area contributed by atoms with Crippen molar-refractivity contribution < 1.29 is 4.42 Å². The van der Waals surface area contributed by atoms with Gasteiger partial charge >= 0.3 is 0 Å². The normalized spacial score (nSPS) is 15.0. The summed E-state index contributed by atoms with van der Waals surface area (Å²) < 4.78 is 8.73. The monoisotopic (exact) mass is 504 g/mol. The molecule has 0 fully saturated rings. The van der Waals surface area contributed by atoms with Gasteiger partial charge in [-0.3, -0.25) is 0 Å². The van der Waals surface area contributed by atoms with E-state index in [1.165, 1.54) is 5.56 Å². The second-order valence-corrected chi connectivity index (χ2v) is 9.76. The lowest BCUT2D eigenvalue weighted by Crippen LogP contribution is -2.26. The molecule has 0 saturated heterocycles. The highest BCUT2D eigenvalue weighted by atomic mass is 16.3. The first-order valence-corrected chi connectivity index (χ1v) is 13.1. The third kappa shape index (κ3) is 3.44. The minimum absolute atomic E-state index is 0.0461. The average Bonchev–Trinajstić information content (AvgIpc) is 3.74. The summed E-state index contributed by atoms with van der Waals surface area (Å²) in [4.78, 5) is 7.07. The van der Waals surface area contributed by atoms with Crippen LogP contribution in [0.3, 0.4) is 0 Å². The maximum absolute atomic E-state index is 6.42. The summed E-state index contributed by atoms with van der Waals surface area (Å²) in [5.74, 6) is 0.639. The van der Waals surface area contributed by atoms with Crippen LogP contribution >= 0.6 is 0 Å². The maximum atomic E-state index is 6.42. The molecule has 0 amide bonds. The standard InChI is InChI=1S/C34H24N4O/c1-3-9-24(10-4-1)34-36-28-19-20-30-31(32(28)39-34)27-13-7-8-14-29(27)38(30)26-17-15-23(16-18-26)33-35-21-22-37(33)25-11-5-2-6-12-25/h1-22,33,35H. The fourth-order valence-corrected chi connectivity index (χ4v) is 5.70. The van der Waals surface area contributed by atoms with Crippen LogP contribution in [-0.2, 0) is 0 Å². The number of hydrogen-bond donors (Lipinski definition) is 1. The molecular weight excluding hydrogens is 480 g/mol. The van der Waals surface area contributed by atoms with Gasteiger partial charge in [0.2, 0.25) is 5.89 Å². The third-order valence-electron chi connectivity index (χ3n) is 7.50. The van der Waals surface area contributed by atoms with Crippen molar-refractivity contribution in [1.29, 1.82) is 0 Å². The highest BCUT2D eigenvalue weighted by molar-refractivity contribution is 6.19. The van der Waals surface area contributed by atoms with Crippen LogP contribution in [0.4, 0.5) is 5.69 Å². The molecule has 1 N–H and O–H groups in total. The van der Waals surface area contributed by atoms with E-state index in [0.29, 0.717) is 5.89 Å². The molecule has 0 spiro atoms. The van der Waals surface area contributed by atoms with Crippen molar-refractivity contribution in [3.63, 3.8) is 0 Å². The van der Waals surface area contributed by atoms with Gasteiger partial charge in [0.1, 0.15) is 11.7 Å². The van der Waals surface area contributed by atoms with Crippen LogP contribution in [0.25, 0.3) is 50.0 Å². The number of aromatic nitrogens is 2. The molecule has 3 heterocycles. The largest absolute Gasteiger partial charge is 0.435 e. The van der Waals surface area contributed by atoms with Gasteiger partial charge in [-0.1, -0.05) is 66.7 Å². The highest BCUT2D eigenvalue weighted by Crippen LogP contribution is 2.38. The zero-order chi connectivity index (χ0) is 25.8. The predicted molar refractivity (Wildman–Crippen MR) is 158 cm³/mol. The molecule has 5 aromatic carbocycles. The lowest BCUT2D eigenvalue weighted by Gasteiger charge is -2.26. The number of anilines is 1. The third-order valence-corrected chi connectivity index (χ3v) is 7.50. The summed E-state index contributed by atoms with van der Waals surface area (Å²) >= 11 is 0. The van der Waals surface area contributed by atoms with Crippen LogP contribution in [0.15, 0.2) is 138 Å². The van der Waals surface area contributed by atoms with Crippen molar-refractivity contribution in [1.82, 2.24) is 14.9 Å². The summed E-state index contributed by atoms with van der Waals surface area (Å²) in [6.07, 6.45) is 4.14. The van der Waals surface area contributed by atoms with Crippen LogP contribution in [-0.4, -0.2) is 9.55 Å². The average molecular weight is 505 g/mol. The number of nitrogens with one attached hydrogen (secondary N) is 1. The van der Waals surface area contributed by atoms with E-state index in [4.69, 9.17) is 9.40 Å². The van der Waals surface area contributed by atoms with E-state index in [1.54, 1.807) is 0 Å². The van der Waals surface area contributed by atoms with Gasteiger partial charge in [0.15, 0.2) is 5.58 Å². The number of benzene rings is 5. The summed E-state index contributed by atoms with van der Waals surface area (Å²) in [7, 11) is 0. The van der Waals surface area contributed by atoms with E-state index < -0.39 is 0 Å². The second kappa shape index (κ2) is 8.64. The molecule has 0 aliphatic carbocycles. The van der Waals surface area contributed by atoms with Crippen LogP contribution in [0.2, 0.25) is 0 Å². The van der Waals surface area contributed by atoms with E-state index in [1.807, 2.05) is 42.6 Å². The van der Waals surface area contributed by atoms with Crippen molar-refractivity contribution in [2.24, 2.45) is 0 Å². The lowest BCUT2D eigenvalue weighted by molar-refractivity contribution is 0.623. The maximum Gasteiger partial charge on any atom is 0.227 e. The summed E-state index contributed by atoms with van der Waals surface area (Å²) in [5.41, 5.74) is 8.33. The SMILES string of the molecule is C1=CN(c2ccccc2)C(c2ccc(-n3c4ccccc4c4c5oc(-c6ccccc6)nc5ccc43)cc2)N1. The fraction of sp³-hybridized carbons (Fsp3) is 0.0294. The molecule has 186 valence electrons. The number of rotatable bonds is 4. The molecule has 8 rings (SSSR count). The Kier molecular flexibility index (Phi) is 4.82. The minimum atomic E-state index is 0.0461. The van der Waals surface area contributed by atoms with Crippen molar-refractivity contribution >= 4 is 38.6 Å². The number of oxazole rings is 1. The molecule has 0 radical (unpaired) electrons. The van der Waals surface area contributed by atoms with Crippen LogP contribution < -0.4 is 10.2 Å². The first-order valence-electron chi connectivity index (χ1n) is 13.1. The zero-order valence-electron chi connectivity index (χ0n) is 21.0. The molecule has 1 atom stereocenters. The predicted octanol–water partition coefficient (Wildman–Crippen LogP) is 8.17. The number of nitrogens with zero attached hydrogens (tertiary/aromatic N) is 3. The van der Waals surface area contributed by atoms with Crippen LogP contribution in [0, 0.1) is 0 Å². The lowest BCUT2D eigenvalue weighted by atomic mass is 10.1. The van der Waals surface area contributed by atoms with Gasteiger partial charge in [-0.15, -0.1) is 0 Å². The van der Waals surface area contributed by atoms with E-state index in [-0.39, 0.29) is 6.17 Å². The molecule has 2 aromatic heterocycles.